The van der Waals surface area contributed by atoms with E-state index >= 15 is 0 Å². The molecule has 0 saturated carbocycles. The fourth-order valence-electron chi connectivity index (χ4n) is 2.75. The third kappa shape index (κ3) is 3.97. The number of cyclic esters (lactones) is 1. The van der Waals surface area contributed by atoms with Crippen molar-refractivity contribution in [1.82, 2.24) is 4.72 Å². The summed E-state index contributed by atoms with van der Waals surface area (Å²) in [4.78, 5) is 13.2. The van der Waals surface area contributed by atoms with E-state index in [1.165, 1.54) is 17.0 Å². The van der Waals surface area contributed by atoms with Crippen LogP contribution in [-0.4, -0.2) is 41.3 Å². The number of methoxy groups -OCH3 is 1. The maximum Gasteiger partial charge on any atom is 0.414 e. The van der Waals surface area contributed by atoms with E-state index in [1.807, 2.05) is 24.3 Å². The van der Waals surface area contributed by atoms with E-state index in [1.54, 1.807) is 19.2 Å². The molecule has 3 rings (SSSR count). The number of anilines is 1. The van der Waals surface area contributed by atoms with E-state index < -0.39 is 16.1 Å². The number of carbonyl (C=O) groups is 1. The van der Waals surface area contributed by atoms with Crippen molar-refractivity contribution in [2.75, 3.05) is 31.7 Å². The molecule has 1 aliphatic heterocycles. The highest BCUT2D eigenvalue weighted by Gasteiger charge is 2.24. The predicted octanol–water partition coefficient (Wildman–Crippen LogP) is 2.17. The summed E-state index contributed by atoms with van der Waals surface area (Å²) in [5.74, 6) is 0.730. The smallest absolute Gasteiger partial charge is 0.414 e. The van der Waals surface area contributed by atoms with Crippen LogP contribution in [0.25, 0.3) is 0 Å². The Balaban J connectivity index is 1.63. The maximum atomic E-state index is 12.4. The molecule has 0 aromatic heterocycles. The lowest BCUT2D eigenvalue weighted by Crippen LogP contribution is -2.26. The molecule has 1 heterocycles. The number of nitrogens with one attached hydrogen (secondary N) is 1. The van der Waals surface area contributed by atoms with Crippen molar-refractivity contribution in [1.29, 1.82) is 0 Å². The minimum absolute atomic E-state index is 0.147. The first-order valence-electron chi connectivity index (χ1n) is 8.17. The number of hydrogen-bond donors (Lipinski definition) is 1. The second-order valence-corrected chi connectivity index (χ2v) is 7.49. The van der Waals surface area contributed by atoms with Gasteiger partial charge in [0.15, 0.2) is 0 Å². The van der Waals surface area contributed by atoms with Gasteiger partial charge in [0.05, 0.1) is 18.6 Å². The van der Waals surface area contributed by atoms with Crippen molar-refractivity contribution < 1.29 is 22.7 Å². The normalized spacial score (nSPS) is 14.3. The van der Waals surface area contributed by atoms with Gasteiger partial charge in [-0.15, -0.1) is 0 Å². The van der Waals surface area contributed by atoms with Crippen LogP contribution in [0, 0.1) is 0 Å². The van der Waals surface area contributed by atoms with Gasteiger partial charge >= 0.3 is 6.09 Å². The lowest BCUT2D eigenvalue weighted by Gasteiger charge is -2.13. The number of amides is 1. The maximum absolute atomic E-state index is 12.4. The molecule has 0 bridgehead atoms. The molecule has 1 fully saturated rings. The van der Waals surface area contributed by atoms with Gasteiger partial charge in [-0.05, 0) is 42.3 Å². The van der Waals surface area contributed by atoms with Crippen LogP contribution in [0.4, 0.5) is 10.5 Å². The van der Waals surface area contributed by atoms with Gasteiger partial charge in [-0.2, -0.15) is 0 Å². The summed E-state index contributed by atoms with van der Waals surface area (Å²) in [5, 5.41) is 0. The first-order valence-corrected chi connectivity index (χ1v) is 9.65. The number of para-hydroxylation sites is 1. The van der Waals surface area contributed by atoms with Gasteiger partial charge in [0.25, 0.3) is 0 Å². The molecule has 1 N–H and O–H groups in total. The molecule has 26 heavy (non-hydrogen) atoms. The van der Waals surface area contributed by atoms with Gasteiger partial charge in [0.2, 0.25) is 10.0 Å². The molecule has 0 atom stereocenters. The standard InChI is InChI=1S/C18H20N2O5S/c1-24-17-5-3-2-4-14(17)10-11-19-26(22,23)16-8-6-15(7-9-16)20-12-13-25-18(20)21/h2-9,19H,10-13H2,1H3. The van der Waals surface area contributed by atoms with Crippen molar-refractivity contribution in [3.05, 3.63) is 54.1 Å². The number of rotatable bonds is 7. The molecule has 1 amide bonds. The van der Waals surface area contributed by atoms with Crippen LogP contribution >= 0.6 is 0 Å². The summed E-state index contributed by atoms with van der Waals surface area (Å²) < 4.78 is 37.6. The van der Waals surface area contributed by atoms with E-state index in [4.69, 9.17) is 9.47 Å². The van der Waals surface area contributed by atoms with Crippen molar-refractivity contribution in [3.63, 3.8) is 0 Å². The van der Waals surface area contributed by atoms with Gasteiger partial charge in [-0.25, -0.2) is 17.9 Å². The Morgan fingerprint density at radius 3 is 2.54 bits per heavy atom. The van der Waals surface area contributed by atoms with Crippen LogP contribution in [0.2, 0.25) is 0 Å². The SMILES string of the molecule is COc1ccccc1CCNS(=O)(=O)c1ccc(N2CCOC2=O)cc1. The van der Waals surface area contributed by atoms with Crippen molar-refractivity contribution >= 4 is 21.8 Å². The zero-order valence-electron chi connectivity index (χ0n) is 14.3. The number of carbonyl (C=O) groups excluding carboxylic acids is 1. The van der Waals surface area contributed by atoms with Crippen LogP contribution in [-0.2, 0) is 21.2 Å². The van der Waals surface area contributed by atoms with Crippen LogP contribution in [0.15, 0.2) is 53.4 Å². The highest BCUT2D eigenvalue weighted by atomic mass is 32.2. The van der Waals surface area contributed by atoms with Gasteiger partial charge in [-0.1, -0.05) is 18.2 Å². The molecule has 2 aromatic rings. The molecule has 2 aromatic carbocycles. The fraction of sp³-hybridized carbons (Fsp3) is 0.278. The average Bonchev–Trinajstić information content (AvgIpc) is 3.08. The predicted molar refractivity (Wildman–Crippen MR) is 97.0 cm³/mol. The zero-order valence-corrected chi connectivity index (χ0v) is 15.2. The molecule has 0 radical (unpaired) electrons. The molecule has 1 aliphatic rings. The van der Waals surface area contributed by atoms with Gasteiger partial charge in [0.1, 0.15) is 12.4 Å². The Morgan fingerprint density at radius 1 is 1.15 bits per heavy atom. The Hall–Kier alpha value is -2.58. The molecular formula is C18H20N2O5S. The summed E-state index contributed by atoms with van der Waals surface area (Å²) in [6.45, 7) is 1.05. The fourth-order valence-corrected chi connectivity index (χ4v) is 3.78. The second-order valence-electron chi connectivity index (χ2n) is 5.72. The lowest BCUT2D eigenvalue weighted by atomic mass is 10.1. The van der Waals surface area contributed by atoms with Crippen molar-refractivity contribution in [2.45, 2.75) is 11.3 Å². The monoisotopic (exact) mass is 376 g/mol. The molecule has 0 unspecified atom stereocenters. The molecule has 8 heteroatoms. The third-order valence-corrected chi connectivity index (χ3v) is 5.58. The summed E-state index contributed by atoms with van der Waals surface area (Å²) in [7, 11) is -2.05. The minimum atomic E-state index is -3.63. The number of hydrogen-bond acceptors (Lipinski definition) is 5. The van der Waals surface area contributed by atoms with Crippen molar-refractivity contribution in [3.8, 4) is 5.75 Å². The third-order valence-electron chi connectivity index (χ3n) is 4.10. The van der Waals surface area contributed by atoms with E-state index in [2.05, 4.69) is 4.72 Å². The minimum Gasteiger partial charge on any atom is -0.496 e. The van der Waals surface area contributed by atoms with E-state index in [0.29, 0.717) is 25.3 Å². The average molecular weight is 376 g/mol. The van der Waals surface area contributed by atoms with Gasteiger partial charge in [0, 0.05) is 12.2 Å². The van der Waals surface area contributed by atoms with E-state index in [-0.39, 0.29) is 11.4 Å². The molecule has 0 aliphatic carbocycles. The first kappa shape index (κ1) is 18.2. The van der Waals surface area contributed by atoms with Crippen molar-refractivity contribution in [2.24, 2.45) is 0 Å². The molecule has 138 valence electrons. The Labute approximate surface area is 152 Å². The summed E-state index contributed by atoms with van der Waals surface area (Å²) in [6.07, 6.45) is 0.0940. The van der Waals surface area contributed by atoms with E-state index in [9.17, 15) is 13.2 Å². The second kappa shape index (κ2) is 7.76. The number of nitrogens with zero attached hydrogens (tertiary/aromatic N) is 1. The number of sulfonamides is 1. The first-order chi connectivity index (χ1) is 12.5. The lowest BCUT2D eigenvalue weighted by molar-refractivity contribution is 0.181. The van der Waals surface area contributed by atoms with Crippen LogP contribution in [0.3, 0.4) is 0 Å². The Bertz CT molecular complexity index is 881. The van der Waals surface area contributed by atoms with Crippen LogP contribution in [0.5, 0.6) is 5.75 Å². The quantitative estimate of drug-likeness (QED) is 0.801. The van der Waals surface area contributed by atoms with E-state index in [0.717, 1.165) is 11.3 Å². The zero-order chi connectivity index (χ0) is 18.6. The summed E-state index contributed by atoms with van der Waals surface area (Å²) in [6, 6.07) is 13.6. The molecule has 1 saturated heterocycles. The highest BCUT2D eigenvalue weighted by Crippen LogP contribution is 2.21. The summed E-state index contributed by atoms with van der Waals surface area (Å²) in [5.41, 5.74) is 1.54. The van der Waals surface area contributed by atoms with Crippen LogP contribution < -0.4 is 14.4 Å². The molecule has 0 spiro atoms. The highest BCUT2D eigenvalue weighted by molar-refractivity contribution is 7.89. The van der Waals surface area contributed by atoms with Gasteiger partial charge < -0.3 is 9.47 Å². The number of benzene rings is 2. The van der Waals surface area contributed by atoms with Crippen LogP contribution in [0.1, 0.15) is 5.56 Å². The molecule has 7 nitrogen and oxygen atoms in total. The largest absolute Gasteiger partial charge is 0.496 e. The Kier molecular flexibility index (Phi) is 5.43. The summed E-state index contributed by atoms with van der Waals surface area (Å²) >= 11 is 0. The number of ether oxygens (including phenoxy) is 2. The Morgan fingerprint density at radius 2 is 1.88 bits per heavy atom. The van der Waals surface area contributed by atoms with Gasteiger partial charge in [-0.3, -0.25) is 4.90 Å². The molecular weight excluding hydrogens is 356 g/mol. The topological polar surface area (TPSA) is 84.9 Å².